The third kappa shape index (κ3) is 3.04. The van der Waals surface area contributed by atoms with Crippen LogP contribution in [0.5, 0.6) is 0 Å². The highest BCUT2D eigenvalue weighted by atomic mass is 79.9. The van der Waals surface area contributed by atoms with E-state index in [9.17, 15) is 4.79 Å². The minimum absolute atomic E-state index is 0.142. The number of hydrogen-bond acceptors (Lipinski definition) is 2. The molecule has 106 valence electrons. The van der Waals surface area contributed by atoms with Gasteiger partial charge in [0.1, 0.15) is 0 Å². The first-order valence-corrected chi connectivity index (χ1v) is 7.29. The first kappa shape index (κ1) is 15.1. The van der Waals surface area contributed by atoms with Crippen molar-refractivity contribution in [3.8, 4) is 0 Å². The van der Waals surface area contributed by atoms with Gasteiger partial charge >= 0.3 is 0 Å². The van der Waals surface area contributed by atoms with Gasteiger partial charge in [-0.15, -0.1) is 0 Å². The maximum Gasteiger partial charge on any atom is 0.252 e. The second-order valence-electron chi connectivity index (χ2n) is 4.58. The molecule has 0 saturated carbocycles. The molecule has 0 atom stereocenters. The molecule has 6 heteroatoms. The van der Waals surface area contributed by atoms with Gasteiger partial charge in [-0.25, -0.2) is 0 Å². The highest BCUT2D eigenvalue weighted by Crippen LogP contribution is 2.21. The van der Waals surface area contributed by atoms with Crippen molar-refractivity contribution in [2.75, 3.05) is 0 Å². The Labute approximate surface area is 131 Å². The first-order chi connectivity index (χ1) is 9.40. The zero-order chi connectivity index (χ0) is 14.9. The number of rotatable bonds is 3. The van der Waals surface area contributed by atoms with Crippen LogP contribution in [-0.2, 0) is 13.6 Å². The quantitative estimate of drug-likeness (QED) is 0.916. The van der Waals surface area contributed by atoms with Crippen LogP contribution in [0.15, 0.2) is 22.7 Å². The van der Waals surface area contributed by atoms with Crippen molar-refractivity contribution in [2.24, 2.45) is 7.05 Å². The van der Waals surface area contributed by atoms with Crippen molar-refractivity contribution < 1.29 is 4.79 Å². The molecule has 0 radical (unpaired) electrons. The molecule has 1 aromatic carbocycles. The molecule has 0 unspecified atom stereocenters. The molecule has 1 heterocycles. The van der Waals surface area contributed by atoms with Crippen LogP contribution in [0, 0.1) is 13.8 Å². The molecule has 0 fully saturated rings. The number of nitrogens with zero attached hydrogens (tertiary/aromatic N) is 2. The monoisotopic (exact) mass is 355 g/mol. The molecule has 0 spiro atoms. The summed E-state index contributed by atoms with van der Waals surface area (Å²) in [7, 11) is 1.89. The highest BCUT2D eigenvalue weighted by Gasteiger charge is 2.13. The molecular weight excluding hydrogens is 342 g/mol. The van der Waals surface area contributed by atoms with Crippen LogP contribution >= 0.6 is 27.5 Å². The standard InChI is InChI=1S/C14H15BrClN3O/c1-8-12(9(2)19(3)18-8)7-17-14(20)11-5-4-10(16)6-13(11)15/h4-6H,7H2,1-3H3,(H,17,20). The van der Waals surface area contributed by atoms with Crippen molar-refractivity contribution in [3.63, 3.8) is 0 Å². The smallest absolute Gasteiger partial charge is 0.252 e. The number of amides is 1. The molecular formula is C14H15BrClN3O. The van der Waals surface area contributed by atoms with Gasteiger partial charge in [-0.2, -0.15) is 5.10 Å². The van der Waals surface area contributed by atoms with E-state index < -0.39 is 0 Å². The van der Waals surface area contributed by atoms with Crippen LogP contribution in [-0.4, -0.2) is 15.7 Å². The molecule has 2 rings (SSSR count). The highest BCUT2D eigenvalue weighted by molar-refractivity contribution is 9.10. The third-order valence-corrected chi connectivity index (χ3v) is 4.15. The van der Waals surface area contributed by atoms with Crippen molar-refractivity contribution >= 4 is 33.4 Å². The second-order valence-corrected chi connectivity index (χ2v) is 5.87. The summed E-state index contributed by atoms with van der Waals surface area (Å²) in [5.41, 5.74) is 3.60. The molecule has 1 amide bonds. The van der Waals surface area contributed by atoms with E-state index in [-0.39, 0.29) is 5.91 Å². The number of carbonyl (C=O) groups is 1. The fourth-order valence-corrected chi connectivity index (χ4v) is 2.87. The molecule has 1 N–H and O–H groups in total. The van der Waals surface area contributed by atoms with Gasteiger partial charge in [0.25, 0.3) is 5.91 Å². The van der Waals surface area contributed by atoms with E-state index in [1.807, 2.05) is 25.6 Å². The van der Waals surface area contributed by atoms with E-state index >= 15 is 0 Å². The van der Waals surface area contributed by atoms with Crippen LogP contribution in [0.1, 0.15) is 27.3 Å². The first-order valence-electron chi connectivity index (χ1n) is 6.12. The Morgan fingerprint density at radius 3 is 2.70 bits per heavy atom. The van der Waals surface area contributed by atoms with Crippen LogP contribution in [0.3, 0.4) is 0 Å². The van der Waals surface area contributed by atoms with E-state index in [0.717, 1.165) is 17.0 Å². The van der Waals surface area contributed by atoms with Crippen molar-refractivity contribution in [1.29, 1.82) is 0 Å². The van der Waals surface area contributed by atoms with E-state index in [4.69, 9.17) is 11.6 Å². The normalized spacial score (nSPS) is 10.7. The molecule has 0 bridgehead atoms. The van der Waals surface area contributed by atoms with Crippen molar-refractivity contribution in [3.05, 3.63) is 50.2 Å². The molecule has 4 nitrogen and oxygen atoms in total. The number of benzene rings is 1. The van der Waals surface area contributed by atoms with Gasteiger partial charge in [-0.05, 0) is 48.0 Å². The number of hydrogen-bond donors (Lipinski definition) is 1. The Morgan fingerprint density at radius 2 is 2.15 bits per heavy atom. The Bertz CT molecular complexity index is 667. The van der Waals surface area contributed by atoms with Gasteiger partial charge in [0.05, 0.1) is 11.3 Å². The Hall–Kier alpha value is -1.33. The Kier molecular flexibility index (Phi) is 4.50. The predicted molar refractivity (Wildman–Crippen MR) is 83.0 cm³/mol. The fraction of sp³-hybridized carbons (Fsp3) is 0.286. The van der Waals surface area contributed by atoms with Gasteiger partial charge in [0.15, 0.2) is 0 Å². The van der Waals surface area contributed by atoms with Gasteiger partial charge in [-0.3, -0.25) is 9.48 Å². The minimum atomic E-state index is -0.142. The molecule has 0 aliphatic heterocycles. The summed E-state index contributed by atoms with van der Waals surface area (Å²) in [5.74, 6) is -0.142. The number of aromatic nitrogens is 2. The lowest BCUT2D eigenvalue weighted by Gasteiger charge is -2.08. The Balaban J connectivity index is 2.12. The number of aryl methyl sites for hydroxylation is 2. The molecule has 20 heavy (non-hydrogen) atoms. The summed E-state index contributed by atoms with van der Waals surface area (Å²) in [6.45, 7) is 4.38. The zero-order valence-electron chi connectivity index (χ0n) is 11.5. The van der Waals surface area contributed by atoms with Crippen LogP contribution in [0.4, 0.5) is 0 Å². The summed E-state index contributed by atoms with van der Waals surface area (Å²) >= 11 is 9.21. The van der Waals surface area contributed by atoms with Crippen molar-refractivity contribution in [1.82, 2.24) is 15.1 Å². The summed E-state index contributed by atoms with van der Waals surface area (Å²) in [6, 6.07) is 5.10. The van der Waals surface area contributed by atoms with Crippen LogP contribution in [0.25, 0.3) is 0 Å². The van der Waals surface area contributed by atoms with Gasteiger partial charge in [0.2, 0.25) is 0 Å². The second kappa shape index (κ2) is 5.97. The lowest BCUT2D eigenvalue weighted by Crippen LogP contribution is -2.23. The lowest BCUT2D eigenvalue weighted by atomic mass is 10.1. The molecule has 1 aromatic heterocycles. The Morgan fingerprint density at radius 1 is 1.45 bits per heavy atom. The third-order valence-electron chi connectivity index (χ3n) is 3.26. The molecule has 0 saturated heterocycles. The lowest BCUT2D eigenvalue weighted by molar-refractivity contribution is 0.0950. The van der Waals surface area contributed by atoms with E-state index in [1.54, 1.807) is 18.2 Å². The molecule has 0 aliphatic carbocycles. The van der Waals surface area contributed by atoms with Gasteiger partial charge in [-0.1, -0.05) is 11.6 Å². The average Bonchev–Trinajstić information content (AvgIpc) is 2.61. The number of halogens is 2. The summed E-state index contributed by atoms with van der Waals surface area (Å²) < 4.78 is 2.50. The van der Waals surface area contributed by atoms with E-state index in [1.165, 1.54) is 0 Å². The molecule has 0 aliphatic rings. The van der Waals surface area contributed by atoms with Gasteiger partial charge < -0.3 is 5.32 Å². The minimum Gasteiger partial charge on any atom is -0.348 e. The van der Waals surface area contributed by atoms with Crippen molar-refractivity contribution in [2.45, 2.75) is 20.4 Å². The maximum atomic E-state index is 12.2. The average molecular weight is 357 g/mol. The van der Waals surface area contributed by atoms with Gasteiger partial charge in [0, 0.05) is 34.3 Å². The summed E-state index contributed by atoms with van der Waals surface area (Å²) in [5, 5.41) is 7.82. The summed E-state index contributed by atoms with van der Waals surface area (Å²) in [6.07, 6.45) is 0. The zero-order valence-corrected chi connectivity index (χ0v) is 13.8. The topological polar surface area (TPSA) is 46.9 Å². The SMILES string of the molecule is Cc1nn(C)c(C)c1CNC(=O)c1ccc(Cl)cc1Br. The van der Waals surface area contributed by atoms with Crippen LogP contribution in [0.2, 0.25) is 5.02 Å². The number of carbonyl (C=O) groups excluding carboxylic acids is 1. The number of nitrogens with one attached hydrogen (secondary N) is 1. The maximum absolute atomic E-state index is 12.2. The summed E-state index contributed by atoms with van der Waals surface area (Å²) in [4.78, 5) is 12.2. The predicted octanol–water partition coefficient (Wildman–Crippen LogP) is 3.38. The van der Waals surface area contributed by atoms with E-state index in [2.05, 4.69) is 26.3 Å². The van der Waals surface area contributed by atoms with E-state index in [0.29, 0.717) is 21.6 Å². The largest absolute Gasteiger partial charge is 0.348 e. The molecule has 2 aromatic rings. The van der Waals surface area contributed by atoms with Crippen LogP contribution < -0.4 is 5.32 Å². The fourth-order valence-electron chi connectivity index (χ4n) is 2.01.